The van der Waals surface area contributed by atoms with Crippen LogP contribution in [0.3, 0.4) is 0 Å². The molecule has 0 bridgehead atoms. The highest BCUT2D eigenvalue weighted by atomic mass is 28.4. The van der Waals surface area contributed by atoms with E-state index in [-0.39, 0.29) is 23.2 Å². The monoisotopic (exact) mass is 381 g/mol. The fourth-order valence-corrected chi connectivity index (χ4v) is 3.76. The number of amides is 1. The average molecular weight is 382 g/mol. The second-order valence-electron chi connectivity index (χ2n) is 8.40. The van der Waals surface area contributed by atoms with E-state index < -0.39 is 14.2 Å². The predicted octanol–water partition coefficient (Wildman–Crippen LogP) is 4.11. The number of methoxy groups -OCH3 is 1. The molecule has 2 N–H and O–H groups in total. The van der Waals surface area contributed by atoms with Crippen LogP contribution in [-0.4, -0.2) is 33.5 Å². The number of hydrogen-bond acceptors (Lipinski definition) is 4. The molecule has 0 fully saturated rings. The first-order chi connectivity index (χ1) is 11.9. The van der Waals surface area contributed by atoms with Gasteiger partial charge < -0.3 is 19.6 Å². The SMILES string of the molecule is COc1ccc(COC(C)[C@@H](O[Si](C)(C)C(C)(C)C)C(C)C(N)=O)cc1. The summed E-state index contributed by atoms with van der Waals surface area (Å²) in [7, 11) is -0.424. The summed E-state index contributed by atoms with van der Waals surface area (Å²) >= 11 is 0. The molecule has 0 radical (unpaired) electrons. The third-order valence-electron chi connectivity index (χ3n) is 5.31. The van der Waals surface area contributed by atoms with Crippen LogP contribution >= 0.6 is 0 Å². The van der Waals surface area contributed by atoms with Crippen LogP contribution in [0.5, 0.6) is 5.75 Å². The summed E-state index contributed by atoms with van der Waals surface area (Å²) in [6, 6.07) is 7.73. The smallest absolute Gasteiger partial charge is 0.222 e. The third-order valence-corrected chi connectivity index (χ3v) is 9.79. The predicted molar refractivity (Wildman–Crippen MR) is 108 cm³/mol. The summed E-state index contributed by atoms with van der Waals surface area (Å²) in [4.78, 5) is 11.8. The van der Waals surface area contributed by atoms with Crippen molar-refractivity contribution in [3.63, 3.8) is 0 Å². The van der Waals surface area contributed by atoms with Gasteiger partial charge in [0.15, 0.2) is 8.32 Å². The van der Waals surface area contributed by atoms with Gasteiger partial charge in [-0.2, -0.15) is 0 Å². The summed E-state index contributed by atoms with van der Waals surface area (Å²) in [5.41, 5.74) is 6.61. The zero-order chi connectivity index (χ0) is 20.1. The van der Waals surface area contributed by atoms with E-state index in [0.29, 0.717) is 6.61 Å². The molecular weight excluding hydrogens is 346 g/mol. The Morgan fingerprint density at radius 1 is 1.15 bits per heavy atom. The molecule has 0 heterocycles. The minimum Gasteiger partial charge on any atom is -0.497 e. The fraction of sp³-hybridized carbons (Fsp3) is 0.650. The van der Waals surface area contributed by atoms with E-state index in [2.05, 4.69) is 33.9 Å². The molecular formula is C20H35NO4Si. The van der Waals surface area contributed by atoms with Gasteiger partial charge in [0, 0.05) is 0 Å². The summed E-state index contributed by atoms with van der Waals surface area (Å²) in [5, 5.41) is 0.0400. The van der Waals surface area contributed by atoms with E-state index in [1.807, 2.05) is 38.1 Å². The van der Waals surface area contributed by atoms with E-state index in [4.69, 9.17) is 19.6 Å². The molecule has 1 amide bonds. The lowest BCUT2D eigenvalue weighted by Gasteiger charge is -2.42. The van der Waals surface area contributed by atoms with Crippen LogP contribution in [-0.2, 0) is 20.6 Å². The van der Waals surface area contributed by atoms with Crippen LogP contribution in [0.4, 0.5) is 0 Å². The van der Waals surface area contributed by atoms with Crippen molar-refractivity contribution < 1.29 is 18.7 Å². The molecule has 0 aromatic heterocycles. The zero-order valence-electron chi connectivity index (χ0n) is 17.5. The van der Waals surface area contributed by atoms with Crippen LogP contribution in [0.15, 0.2) is 24.3 Å². The quantitative estimate of drug-likeness (QED) is 0.653. The molecule has 148 valence electrons. The van der Waals surface area contributed by atoms with Crippen molar-refractivity contribution in [2.75, 3.05) is 7.11 Å². The minimum atomic E-state index is -2.06. The number of primary amides is 1. The van der Waals surface area contributed by atoms with Gasteiger partial charge in [0.25, 0.3) is 0 Å². The molecule has 3 atom stereocenters. The van der Waals surface area contributed by atoms with Crippen molar-refractivity contribution in [1.29, 1.82) is 0 Å². The van der Waals surface area contributed by atoms with Gasteiger partial charge in [0.2, 0.25) is 5.91 Å². The van der Waals surface area contributed by atoms with Crippen LogP contribution in [0.1, 0.15) is 40.2 Å². The van der Waals surface area contributed by atoms with Crippen LogP contribution in [0, 0.1) is 5.92 Å². The standard InChI is InChI=1S/C20H35NO4Si/c1-14(19(21)22)18(25-26(7,8)20(3,4)5)15(2)24-13-16-9-11-17(23-6)12-10-16/h9-12,14-15,18H,13H2,1-8H3,(H2,21,22)/t14?,15?,18-/m0/s1. The van der Waals surface area contributed by atoms with Gasteiger partial charge in [0.05, 0.1) is 31.8 Å². The Balaban J connectivity index is 2.86. The molecule has 1 aromatic rings. The molecule has 2 unspecified atom stereocenters. The highest BCUT2D eigenvalue weighted by Crippen LogP contribution is 2.38. The van der Waals surface area contributed by atoms with Crippen LogP contribution in [0.25, 0.3) is 0 Å². The fourth-order valence-electron chi connectivity index (χ4n) is 2.33. The first-order valence-electron chi connectivity index (χ1n) is 9.10. The van der Waals surface area contributed by atoms with Crippen molar-refractivity contribution in [2.24, 2.45) is 11.7 Å². The van der Waals surface area contributed by atoms with Gasteiger partial charge in [-0.05, 0) is 42.8 Å². The largest absolute Gasteiger partial charge is 0.497 e. The summed E-state index contributed by atoms with van der Waals surface area (Å²) < 4.78 is 17.7. The summed E-state index contributed by atoms with van der Waals surface area (Å²) in [6.07, 6.45) is -0.625. The maximum absolute atomic E-state index is 11.8. The van der Waals surface area contributed by atoms with Crippen molar-refractivity contribution >= 4 is 14.2 Å². The number of hydrogen-bond donors (Lipinski definition) is 1. The Morgan fingerprint density at radius 2 is 1.69 bits per heavy atom. The molecule has 26 heavy (non-hydrogen) atoms. The van der Waals surface area contributed by atoms with Gasteiger partial charge in [0.1, 0.15) is 5.75 Å². The Labute approximate surface area is 159 Å². The lowest BCUT2D eigenvalue weighted by Crippen LogP contribution is -2.51. The number of benzene rings is 1. The maximum atomic E-state index is 11.8. The molecule has 0 spiro atoms. The van der Waals surface area contributed by atoms with E-state index in [1.54, 1.807) is 7.11 Å². The Hall–Kier alpha value is -1.37. The second-order valence-corrected chi connectivity index (χ2v) is 13.2. The average Bonchev–Trinajstić information content (AvgIpc) is 2.56. The number of rotatable bonds is 9. The van der Waals surface area contributed by atoms with E-state index >= 15 is 0 Å². The van der Waals surface area contributed by atoms with Crippen LogP contribution < -0.4 is 10.5 Å². The van der Waals surface area contributed by atoms with E-state index in [9.17, 15) is 4.79 Å². The van der Waals surface area contributed by atoms with Gasteiger partial charge in [-0.1, -0.05) is 39.8 Å². The molecule has 1 rings (SSSR count). The number of nitrogens with two attached hydrogens (primary N) is 1. The number of ether oxygens (including phenoxy) is 2. The lowest BCUT2D eigenvalue weighted by atomic mass is 10.00. The zero-order valence-corrected chi connectivity index (χ0v) is 18.5. The number of carbonyl (C=O) groups excluding carboxylic acids is 1. The lowest BCUT2D eigenvalue weighted by molar-refractivity contribution is -0.128. The number of carbonyl (C=O) groups is 1. The Bertz CT molecular complexity index is 580. The van der Waals surface area contributed by atoms with E-state index in [0.717, 1.165) is 11.3 Å². The van der Waals surface area contributed by atoms with Crippen molar-refractivity contribution in [2.45, 2.75) is 71.6 Å². The molecule has 0 saturated carbocycles. The molecule has 5 nitrogen and oxygen atoms in total. The molecule has 0 aliphatic carbocycles. The molecule has 6 heteroatoms. The molecule has 0 aliphatic rings. The van der Waals surface area contributed by atoms with Gasteiger partial charge in [-0.25, -0.2) is 0 Å². The third kappa shape index (κ3) is 6.11. The normalized spacial score (nSPS) is 16.0. The Kier molecular flexibility index (Phi) is 7.86. The van der Waals surface area contributed by atoms with Crippen molar-refractivity contribution in [1.82, 2.24) is 0 Å². The van der Waals surface area contributed by atoms with Gasteiger partial charge in [-0.3, -0.25) is 4.79 Å². The molecule has 0 saturated heterocycles. The highest BCUT2D eigenvalue weighted by molar-refractivity contribution is 6.74. The first kappa shape index (κ1) is 22.7. The van der Waals surface area contributed by atoms with Gasteiger partial charge in [-0.15, -0.1) is 0 Å². The summed E-state index contributed by atoms with van der Waals surface area (Å²) in [6.45, 7) is 15.1. The van der Waals surface area contributed by atoms with Gasteiger partial charge >= 0.3 is 0 Å². The topological polar surface area (TPSA) is 70.8 Å². The van der Waals surface area contributed by atoms with E-state index in [1.165, 1.54) is 0 Å². The highest BCUT2D eigenvalue weighted by Gasteiger charge is 2.42. The Morgan fingerprint density at radius 3 is 2.12 bits per heavy atom. The van der Waals surface area contributed by atoms with Crippen molar-refractivity contribution in [3.8, 4) is 5.75 Å². The van der Waals surface area contributed by atoms with Crippen molar-refractivity contribution in [3.05, 3.63) is 29.8 Å². The minimum absolute atomic E-state index is 0.0400. The molecule has 1 aromatic carbocycles. The maximum Gasteiger partial charge on any atom is 0.222 e. The van der Waals surface area contributed by atoms with Crippen LogP contribution in [0.2, 0.25) is 18.1 Å². The first-order valence-corrected chi connectivity index (χ1v) is 12.0. The summed E-state index contributed by atoms with van der Waals surface area (Å²) in [5.74, 6) is 0.0203. The molecule has 0 aliphatic heterocycles. The second kappa shape index (κ2) is 9.02.